The van der Waals surface area contributed by atoms with Gasteiger partial charge in [-0.25, -0.2) is 0 Å². The Kier molecular flexibility index (Phi) is 2.95. The van der Waals surface area contributed by atoms with Crippen LogP contribution in [0.4, 0.5) is 0 Å². The van der Waals surface area contributed by atoms with E-state index in [1.807, 2.05) is 18.2 Å². The molecule has 1 aliphatic carbocycles. The van der Waals surface area contributed by atoms with Crippen molar-refractivity contribution in [1.29, 1.82) is 0 Å². The molecule has 0 unspecified atom stereocenters. The van der Waals surface area contributed by atoms with Crippen LogP contribution in [0.3, 0.4) is 0 Å². The van der Waals surface area contributed by atoms with Crippen molar-refractivity contribution in [2.45, 2.75) is 20.3 Å². The minimum Gasteiger partial charge on any atom is -0.507 e. The molecule has 1 N–H and O–H groups in total. The number of phenolic OH excluding ortho intramolecular Hbond substituents is 1. The van der Waals surface area contributed by atoms with E-state index in [-0.39, 0.29) is 0 Å². The lowest BCUT2D eigenvalue weighted by molar-refractivity contribution is 0.473. The molecule has 0 fully saturated rings. The van der Waals surface area contributed by atoms with E-state index in [2.05, 4.69) is 32.1 Å². The van der Waals surface area contributed by atoms with Gasteiger partial charge in [-0.3, -0.25) is 0 Å². The molecule has 1 aliphatic rings. The Balaban J connectivity index is 2.31. The summed E-state index contributed by atoms with van der Waals surface area (Å²) in [6.45, 7) is 4.25. The zero-order valence-electron chi connectivity index (χ0n) is 9.70. The van der Waals surface area contributed by atoms with Crippen LogP contribution in [-0.4, -0.2) is 5.11 Å². The van der Waals surface area contributed by atoms with Gasteiger partial charge in [-0.2, -0.15) is 0 Å². The van der Waals surface area contributed by atoms with E-state index in [1.165, 1.54) is 11.1 Å². The van der Waals surface area contributed by atoms with Crippen molar-refractivity contribution in [2.75, 3.05) is 0 Å². The van der Waals surface area contributed by atoms with Crippen molar-refractivity contribution >= 4 is 5.57 Å². The third-order valence-corrected chi connectivity index (χ3v) is 2.86. The first-order valence-electron chi connectivity index (χ1n) is 5.51. The van der Waals surface area contributed by atoms with Crippen molar-refractivity contribution in [3.63, 3.8) is 0 Å². The fourth-order valence-corrected chi connectivity index (χ4v) is 1.83. The minimum atomic E-state index is 0.346. The summed E-state index contributed by atoms with van der Waals surface area (Å²) in [5.74, 6) is 0.346. The second-order valence-corrected chi connectivity index (χ2v) is 4.24. The van der Waals surface area contributed by atoms with Gasteiger partial charge in [0.25, 0.3) is 0 Å². The molecule has 0 aromatic heterocycles. The number of allylic oxidation sites excluding steroid dienone is 6. The third-order valence-electron chi connectivity index (χ3n) is 2.86. The van der Waals surface area contributed by atoms with E-state index in [0.29, 0.717) is 5.75 Å². The summed E-state index contributed by atoms with van der Waals surface area (Å²) in [6.07, 6.45) is 7.32. The standard InChI is InChI=1S/C15H16O/c1-11(2)12-7-9-13(10-8-12)14-5-3-4-6-15(14)16/h3-7,9-10,16H,8H2,1-2H3. The lowest BCUT2D eigenvalue weighted by Gasteiger charge is -2.12. The predicted octanol–water partition coefficient (Wildman–Crippen LogP) is 4.07. The Bertz CT molecular complexity index is 486. The Morgan fingerprint density at radius 2 is 1.88 bits per heavy atom. The predicted molar refractivity (Wildman–Crippen MR) is 68.2 cm³/mol. The summed E-state index contributed by atoms with van der Waals surface area (Å²) in [6, 6.07) is 7.45. The summed E-state index contributed by atoms with van der Waals surface area (Å²) < 4.78 is 0. The van der Waals surface area contributed by atoms with E-state index in [1.54, 1.807) is 6.07 Å². The van der Waals surface area contributed by atoms with Gasteiger partial charge in [-0.05, 0) is 37.5 Å². The van der Waals surface area contributed by atoms with Crippen LogP contribution >= 0.6 is 0 Å². The number of hydrogen-bond donors (Lipinski definition) is 1. The fraction of sp³-hybridized carbons (Fsp3) is 0.200. The number of benzene rings is 1. The van der Waals surface area contributed by atoms with Crippen LogP contribution in [0.25, 0.3) is 5.57 Å². The molecule has 1 nitrogen and oxygen atoms in total. The molecule has 0 heterocycles. The van der Waals surface area contributed by atoms with E-state index in [0.717, 1.165) is 17.6 Å². The maximum atomic E-state index is 9.75. The highest BCUT2D eigenvalue weighted by atomic mass is 16.3. The van der Waals surface area contributed by atoms with E-state index < -0.39 is 0 Å². The van der Waals surface area contributed by atoms with E-state index in [4.69, 9.17) is 0 Å². The second-order valence-electron chi connectivity index (χ2n) is 4.24. The fourth-order valence-electron chi connectivity index (χ4n) is 1.83. The molecule has 1 heteroatoms. The van der Waals surface area contributed by atoms with Crippen molar-refractivity contribution in [3.05, 3.63) is 59.2 Å². The van der Waals surface area contributed by atoms with E-state index >= 15 is 0 Å². The van der Waals surface area contributed by atoms with Gasteiger partial charge in [0, 0.05) is 5.56 Å². The van der Waals surface area contributed by atoms with Crippen LogP contribution in [0, 0.1) is 0 Å². The molecule has 0 aliphatic heterocycles. The van der Waals surface area contributed by atoms with Crippen LogP contribution in [0.15, 0.2) is 53.6 Å². The first-order chi connectivity index (χ1) is 7.68. The SMILES string of the molecule is CC(C)=C1C=CC(c2ccccc2O)=CC1. The number of phenols is 1. The summed E-state index contributed by atoms with van der Waals surface area (Å²) >= 11 is 0. The molecule has 1 aromatic carbocycles. The summed E-state index contributed by atoms with van der Waals surface area (Å²) in [5.41, 5.74) is 4.72. The molecule has 2 rings (SSSR count). The molecule has 0 spiro atoms. The highest BCUT2D eigenvalue weighted by Crippen LogP contribution is 2.30. The number of para-hydroxylation sites is 1. The van der Waals surface area contributed by atoms with Gasteiger partial charge in [0.2, 0.25) is 0 Å². The first kappa shape index (κ1) is 10.7. The average molecular weight is 212 g/mol. The van der Waals surface area contributed by atoms with Crippen molar-refractivity contribution in [2.24, 2.45) is 0 Å². The normalized spacial score (nSPS) is 14.9. The molecule has 0 atom stereocenters. The quantitative estimate of drug-likeness (QED) is 0.744. The lowest BCUT2D eigenvalue weighted by atomic mass is 9.94. The maximum Gasteiger partial charge on any atom is 0.123 e. The highest BCUT2D eigenvalue weighted by molar-refractivity contribution is 5.79. The van der Waals surface area contributed by atoms with Crippen molar-refractivity contribution in [3.8, 4) is 5.75 Å². The topological polar surface area (TPSA) is 20.2 Å². The monoisotopic (exact) mass is 212 g/mol. The van der Waals surface area contributed by atoms with Gasteiger partial charge >= 0.3 is 0 Å². The Hall–Kier alpha value is -1.76. The minimum absolute atomic E-state index is 0.346. The lowest BCUT2D eigenvalue weighted by Crippen LogP contribution is -1.90. The average Bonchev–Trinajstić information content (AvgIpc) is 2.30. The summed E-state index contributed by atoms with van der Waals surface area (Å²) in [7, 11) is 0. The largest absolute Gasteiger partial charge is 0.507 e. The molecular weight excluding hydrogens is 196 g/mol. The number of hydrogen-bond acceptors (Lipinski definition) is 1. The third kappa shape index (κ3) is 2.08. The molecule has 1 aromatic rings. The van der Waals surface area contributed by atoms with Crippen molar-refractivity contribution < 1.29 is 5.11 Å². The van der Waals surface area contributed by atoms with Crippen LogP contribution in [-0.2, 0) is 0 Å². The highest BCUT2D eigenvalue weighted by Gasteiger charge is 2.07. The summed E-state index contributed by atoms with van der Waals surface area (Å²) in [4.78, 5) is 0. The molecule has 0 radical (unpaired) electrons. The zero-order chi connectivity index (χ0) is 11.5. The van der Waals surface area contributed by atoms with Gasteiger partial charge in [0.1, 0.15) is 5.75 Å². The zero-order valence-corrected chi connectivity index (χ0v) is 9.70. The molecule has 16 heavy (non-hydrogen) atoms. The van der Waals surface area contributed by atoms with Gasteiger partial charge in [-0.1, -0.05) is 42.0 Å². The van der Waals surface area contributed by atoms with Crippen LogP contribution in [0.5, 0.6) is 5.75 Å². The molecular formula is C15H16O. The maximum absolute atomic E-state index is 9.75. The van der Waals surface area contributed by atoms with E-state index in [9.17, 15) is 5.11 Å². The Morgan fingerprint density at radius 1 is 1.12 bits per heavy atom. The smallest absolute Gasteiger partial charge is 0.123 e. The molecule has 0 amide bonds. The molecule has 82 valence electrons. The van der Waals surface area contributed by atoms with Crippen LogP contribution < -0.4 is 0 Å². The molecule has 0 bridgehead atoms. The molecule has 0 saturated heterocycles. The van der Waals surface area contributed by atoms with Gasteiger partial charge in [0.15, 0.2) is 0 Å². The van der Waals surface area contributed by atoms with Crippen molar-refractivity contribution in [1.82, 2.24) is 0 Å². The Labute approximate surface area is 96.4 Å². The number of aromatic hydroxyl groups is 1. The van der Waals surface area contributed by atoms with Gasteiger partial charge in [-0.15, -0.1) is 0 Å². The van der Waals surface area contributed by atoms with Gasteiger partial charge < -0.3 is 5.11 Å². The summed E-state index contributed by atoms with van der Waals surface area (Å²) in [5, 5.41) is 9.75. The molecule has 0 saturated carbocycles. The second kappa shape index (κ2) is 4.40. The number of rotatable bonds is 1. The van der Waals surface area contributed by atoms with Crippen LogP contribution in [0.2, 0.25) is 0 Å². The Morgan fingerprint density at radius 3 is 2.44 bits per heavy atom. The van der Waals surface area contributed by atoms with Gasteiger partial charge in [0.05, 0.1) is 0 Å². The first-order valence-corrected chi connectivity index (χ1v) is 5.51. The van der Waals surface area contributed by atoms with Crippen LogP contribution in [0.1, 0.15) is 25.8 Å².